The predicted octanol–water partition coefficient (Wildman–Crippen LogP) is 2.92. The Kier molecular flexibility index (Phi) is 2.99. The number of anilines is 2. The molecule has 0 spiro atoms. The molecule has 4 nitrogen and oxygen atoms in total. The van der Waals surface area contributed by atoms with Gasteiger partial charge in [0.1, 0.15) is 0 Å². The van der Waals surface area contributed by atoms with Crippen LogP contribution in [0.3, 0.4) is 0 Å². The average molecular weight is 284 g/mol. The molecule has 0 saturated carbocycles. The number of alkyl halides is 3. The number of hydrogen-bond acceptors (Lipinski definition) is 3. The number of halogens is 3. The third-order valence-corrected chi connectivity index (χ3v) is 3.81. The fraction of sp³-hybridized carbons (Fsp3) is 0.462. The Morgan fingerprint density at radius 3 is 2.90 bits per heavy atom. The second kappa shape index (κ2) is 4.57. The summed E-state index contributed by atoms with van der Waals surface area (Å²) >= 11 is 0. The molecule has 1 aromatic heterocycles. The molecule has 1 unspecified atom stereocenters. The van der Waals surface area contributed by atoms with Gasteiger partial charge in [0.25, 0.3) is 0 Å². The number of rotatable bonds is 1. The first-order valence-electron chi connectivity index (χ1n) is 6.49. The monoisotopic (exact) mass is 284 g/mol. The Hall–Kier alpha value is -1.92. The van der Waals surface area contributed by atoms with Crippen LogP contribution in [0, 0.1) is 5.92 Å². The molecule has 1 saturated heterocycles. The van der Waals surface area contributed by atoms with Crippen molar-refractivity contribution in [3.8, 4) is 0 Å². The van der Waals surface area contributed by atoms with Gasteiger partial charge in [0.05, 0.1) is 29.0 Å². The largest absolute Gasteiger partial charge is 0.397 e. The summed E-state index contributed by atoms with van der Waals surface area (Å²) in [6.45, 7) is 0.559. The number of aromatic amines is 1. The Labute approximate surface area is 113 Å². The molecule has 0 amide bonds. The van der Waals surface area contributed by atoms with Gasteiger partial charge < -0.3 is 10.6 Å². The highest BCUT2D eigenvalue weighted by Crippen LogP contribution is 2.37. The van der Waals surface area contributed by atoms with E-state index >= 15 is 0 Å². The maximum absolute atomic E-state index is 12.9. The molecule has 0 bridgehead atoms. The summed E-state index contributed by atoms with van der Waals surface area (Å²) in [5.41, 5.74) is 7.88. The van der Waals surface area contributed by atoms with Crippen molar-refractivity contribution in [1.29, 1.82) is 0 Å². The fourth-order valence-corrected chi connectivity index (χ4v) is 2.73. The Morgan fingerprint density at radius 1 is 1.35 bits per heavy atom. The molecule has 1 aromatic carbocycles. The van der Waals surface area contributed by atoms with E-state index in [1.54, 1.807) is 23.2 Å². The highest BCUT2D eigenvalue weighted by molar-refractivity contribution is 5.88. The standard InChI is InChI=1S/C13H15F3N4/c14-13(15,16)9-2-1-3-20(7-9)12-5-11-8(4-10(12)17)6-18-19-11/h4-6,9H,1-3,7,17H2,(H,18,19). The summed E-state index contributed by atoms with van der Waals surface area (Å²) in [7, 11) is 0. The first kappa shape index (κ1) is 13.1. The van der Waals surface area contributed by atoms with Crippen LogP contribution in [0.25, 0.3) is 10.9 Å². The number of nitrogens with zero attached hydrogens (tertiary/aromatic N) is 2. The highest BCUT2D eigenvalue weighted by atomic mass is 19.4. The second-order valence-corrected chi connectivity index (χ2v) is 5.20. The molecule has 1 fully saturated rings. The van der Waals surface area contributed by atoms with Gasteiger partial charge in [-0.25, -0.2) is 0 Å². The number of fused-ring (bicyclic) bond motifs is 1. The maximum atomic E-state index is 12.9. The molecule has 3 N–H and O–H groups in total. The topological polar surface area (TPSA) is 57.9 Å². The van der Waals surface area contributed by atoms with Crippen LogP contribution in [-0.4, -0.2) is 29.5 Å². The molecule has 2 aromatic rings. The molecule has 7 heteroatoms. The van der Waals surface area contributed by atoms with Gasteiger partial charge in [-0.1, -0.05) is 0 Å². The number of H-pyrrole nitrogens is 1. The van der Waals surface area contributed by atoms with E-state index in [0.717, 1.165) is 10.9 Å². The summed E-state index contributed by atoms with van der Waals surface area (Å²) in [5, 5.41) is 7.57. The van der Waals surface area contributed by atoms with Crippen LogP contribution in [0.1, 0.15) is 12.8 Å². The molecular formula is C13H15F3N4. The van der Waals surface area contributed by atoms with Crippen molar-refractivity contribution >= 4 is 22.3 Å². The number of nitrogen functional groups attached to an aromatic ring is 1. The molecule has 1 aliphatic heterocycles. The zero-order valence-electron chi connectivity index (χ0n) is 10.7. The van der Waals surface area contributed by atoms with Crippen LogP contribution in [0.4, 0.5) is 24.5 Å². The van der Waals surface area contributed by atoms with Crippen molar-refractivity contribution in [3.63, 3.8) is 0 Å². The van der Waals surface area contributed by atoms with Crippen LogP contribution >= 0.6 is 0 Å². The second-order valence-electron chi connectivity index (χ2n) is 5.20. The van der Waals surface area contributed by atoms with Crippen molar-refractivity contribution in [2.45, 2.75) is 19.0 Å². The van der Waals surface area contributed by atoms with E-state index in [4.69, 9.17) is 5.73 Å². The summed E-state index contributed by atoms with van der Waals surface area (Å²) in [6, 6.07) is 3.52. The molecule has 0 aliphatic carbocycles. The van der Waals surface area contributed by atoms with Gasteiger partial charge in [0, 0.05) is 18.5 Å². The minimum Gasteiger partial charge on any atom is -0.397 e. The van der Waals surface area contributed by atoms with Crippen LogP contribution in [0.5, 0.6) is 0 Å². The third-order valence-electron chi connectivity index (χ3n) is 3.81. The van der Waals surface area contributed by atoms with Crippen LogP contribution in [-0.2, 0) is 0 Å². The number of aromatic nitrogens is 2. The van der Waals surface area contributed by atoms with Crippen molar-refractivity contribution in [2.24, 2.45) is 5.92 Å². The van der Waals surface area contributed by atoms with Crippen LogP contribution in [0.15, 0.2) is 18.3 Å². The number of benzene rings is 1. The smallest absolute Gasteiger partial charge is 0.393 e. The zero-order chi connectivity index (χ0) is 14.3. The molecule has 3 rings (SSSR count). The summed E-state index contributed by atoms with van der Waals surface area (Å²) in [5.74, 6) is -1.28. The lowest BCUT2D eigenvalue weighted by Crippen LogP contribution is -2.42. The van der Waals surface area contributed by atoms with E-state index < -0.39 is 12.1 Å². The predicted molar refractivity (Wildman–Crippen MR) is 71.5 cm³/mol. The van der Waals surface area contributed by atoms with Gasteiger partial charge in [0.2, 0.25) is 0 Å². The quantitative estimate of drug-likeness (QED) is 0.792. The molecular weight excluding hydrogens is 269 g/mol. The molecule has 20 heavy (non-hydrogen) atoms. The van der Waals surface area contributed by atoms with Crippen molar-refractivity contribution in [1.82, 2.24) is 10.2 Å². The highest BCUT2D eigenvalue weighted by Gasteiger charge is 2.42. The number of nitrogens with two attached hydrogens (primary N) is 1. The van der Waals surface area contributed by atoms with Crippen LogP contribution < -0.4 is 10.6 Å². The lowest BCUT2D eigenvalue weighted by Gasteiger charge is -2.35. The first-order chi connectivity index (χ1) is 9.45. The molecule has 108 valence electrons. The average Bonchev–Trinajstić information content (AvgIpc) is 2.84. The van der Waals surface area contributed by atoms with E-state index in [2.05, 4.69) is 10.2 Å². The van der Waals surface area contributed by atoms with E-state index in [1.807, 2.05) is 0 Å². The SMILES string of the molecule is Nc1cc2cn[nH]c2cc1N1CCCC(C(F)(F)F)C1. The van der Waals surface area contributed by atoms with Gasteiger partial charge in [-0.15, -0.1) is 0 Å². The molecule has 1 aliphatic rings. The van der Waals surface area contributed by atoms with E-state index in [1.165, 1.54) is 0 Å². The van der Waals surface area contributed by atoms with Gasteiger partial charge in [-0.3, -0.25) is 5.10 Å². The van der Waals surface area contributed by atoms with E-state index in [0.29, 0.717) is 24.3 Å². The Morgan fingerprint density at radius 2 is 2.15 bits per heavy atom. The number of piperidine rings is 1. The normalized spacial score (nSPS) is 20.6. The van der Waals surface area contributed by atoms with Gasteiger partial charge >= 0.3 is 6.18 Å². The van der Waals surface area contributed by atoms with Gasteiger partial charge in [-0.2, -0.15) is 18.3 Å². The maximum Gasteiger partial charge on any atom is 0.393 e. The third kappa shape index (κ3) is 2.28. The summed E-state index contributed by atoms with van der Waals surface area (Å²) < 4.78 is 38.6. The van der Waals surface area contributed by atoms with Crippen molar-refractivity contribution in [2.75, 3.05) is 23.7 Å². The number of hydrogen-bond donors (Lipinski definition) is 2. The minimum atomic E-state index is -4.15. The molecule has 2 heterocycles. The van der Waals surface area contributed by atoms with Gasteiger partial charge in [-0.05, 0) is 25.0 Å². The molecule has 1 atom stereocenters. The summed E-state index contributed by atoms with van der Waals surface area (Å²) in [6.07, 6.45) is -1.80. The lowest BCUT2D eigenvalue weighted by atomic mass is 9.96. The van der Waals surface area contributed by atoms with E-state index in [9.17, 15) is 13.2 Å². The summed E-state index contributed by atoms with van der Waals surface area (Å²) in [4.78, 5) is 1.72. The number of nitrogens with one attached hydrogen (secondary N) is 1. The van der Waals surface area contributed by atoms with E-state index in [-0.39, 0.29) is 13.0 Å². The van der Waals surface area contributed by atoms with Gasteiger partial charge in [0.15, 0.2) is 0 Å². The fourth-order valence-electron chi connectivity index (χ4n) is 2.73. The van der Waals surface area contributed by atoms with Crippen LogP contribution in [0.2, 0.25) is 0 Å². The lowest BCUT2D eigenvalue weighted by molar-refractivity contribution is -0.175. The zero-order valence-corrected chi connectivity index (χ0v) is 10.7. The molecule has 0 radical (unpaired) electrons. The Balaban J connectivity index is 1.91. The van der Waals surface area contributed by atoms with Crippen molar-refractivity contribution in [3.05, 3.63) is 18.3 Å². The minimum absolute atomic E-state index is 0.0344. The van der Waals surface area contributed by atoms with Crippen molar-refractivity contribution < 1.29 is 13.2 Å². The Bertz CT molecular complexity index is 620. The first-order valence-corrected chi connectivity index (χ1v) is 6.49.